The molecule has 1 saturated heterocycles. The number of esters is 2. The van der Waals surface area contributed by atoms with Crippen LogP contribution >= 0.6 is 0 Å². The molecule has 0 aromatic heterocycles. The van der Waals surface area contributed by atoms with Crippen molar-refractivity contribution in [2.75, 3.05) is 19.8 Å². The van der Waals surface area contributed by atoms with Crippen LogP contribution in [0.1, 0.15) is 155 Å². The summed E-state index contributed by atoms with van der Waals surface area (Å²) in [6.45, 7) is 3.23. The van der Waals surface area contributed by atoms with Crippen molar-refractivity contribution in [2.24, 2.45) is 0 Å². The quantitative estimate of drug-likeness (QED) is 0.0277. The minimum Gasteiger partial charge on any atom is -0.462 e. The topological polar surface area (TPSA) is 152 Å². The van der Waals surface area contributed by atoms with Crippen LogP contribution in [-0.2, 0) is 28.5 Å². The van der Waals surface area contributed by atoms with Gasteiger partial charge in [0.2, 0.25) is 0 Å². The van der Waals surface area contributed by atoms with E-state index in [1.165, 1.54) is 38.5 Å². The number of rotatable bonds is 35. The van der Waals surface area contributed by atoms with Crippen molar-refractivity contribution in [3.63, 3.8) is 0 Å². The van der Waals surface area contributed by atoms with Gasteiger partial charge in [0.15, 0.2) is 12.4 Å². The van der Waals surface area contributed by atoms with Crippen LogP contribution in [0, 0.1) is 0 Å². The summed E-state index contributed by atoms with van der Waals surface area (Å²) in [5.74, 6) is -0.870. The fraction of sp³-hybridized carbons (Fsp3) is 0.702. The van der Waals surface area contributed by atoms with Gasteiger partial charge in [-0.2, -0.15) is 0 Å². The van der Waals surface area contributed by atoms with E-state index in [4.69, 9.17) is 18.9 Å². The van der Waals surface area contributed by atoms with Crippen molar-refractivity contribution in [1.82, 2.24) is 0 Å². The van der Waals surface area contributed by atoms with Gasteiger partial charge in [-0.1, -0.05) is 132 Å². The first-order valence-electron chi connectivity index (χ1n) is 22.0. The van der Waals surface area contributed by atoms with E-state index < -0.39 is 55.4 Å². The molecule has 6 atom stereocenters. The van der Waals surface area contributed by atoms with Gasteiger partial charge in [0.1, 0.15) is 31.0 Å². The third kappa shape index (κ3) is 29.1. The van der Waals surface area contributed by atoms with E-state index in [-0.39, 0.29) is 26.1 Å². The number of ether oxygens (including phenoxy) is 4. The molecular weight excluding hydrogens is 725 g/mol. The molecule has 1 aliphatic heterocycles. The maximum Gasteiger partial charge on any atom is 0.306 e. The molecule has 0 spiro atoms. The van der Waals surface area contributed by atoms with Gasteiger partial charge in [-0.15, -0.1) is 0 Å². The molecule has 10 heteroatoms. The van der Waals surface area contributed by atoms with Crippen LogP contribution in [0.5, 0.6) is 0 Å². The second-order valence-electron chi connectivity index (χ2n) is 14.8. The fourth-order valence-corrected chi connectivity index (χ4v) is 6.09. The van der Waals surface area contributed by atoms with E-state index in [2.05, 4.69) is 86.8 Å². The highest BCUT2D eigenvalue weighted by Crippen LogP contribution is 2.22. The lowest BCUT2D eigenvalue weighted by atomic mass is 9.99. The summed E-state index contributed by atoms with van der Waals surface area (Å²) in [4.78, 5) is 25.3. The number of unbranched alkanes of at least 4 members (excludes halogenated alkanes) is 12. The van der Waals surface area contributed by atoms with E-state index in [1.54, 1.807) is 0 Å². The minimum atomic E-state index is -1.61. The Kier molecular flexibility index (Phi) is 34.2. The molecule has 1 heterocycles. The smallest absolute Gasteiger partial charge is 0.306 e. The van der Waals surface area contributed by atoms with E-state index >= 15 is 0 Å². The summed E-state index contributed by atoms with van der Waals surface area (Å²) in [6, 6.07) is 0. The third-order valence-electron chi connectivity index (χ3n) is 9.58. The Balaban J connectivity index is 2.39. The summed E-state index contributed by atoms with van der Waals surface area (Å²) >= 11 is 0. The SMILES string of the molecule is CC/C=C/C/C=C/C/C=C/C/C=C/C/C=C/CCCCCC(=O)O[C@H](COC(=O)CCCCC/C=C/CCCCCCCC)CO[C@@H]1O[C@H](CO)[C@H](O)C(O)C1O. The van der Waals surface area contributed by atoms with Gasteiger partial charge < -0.3 is 39.4 Å². The predicted molar refractivity (Wildman–Crippen MR) is 228 cm³/mol. The highest BCUT2D eigenvalue weighted by molar-refractivity contribution is 5.70. The zero-order valence-electron chi connectivity index (χ0n) is 35.3. The van der Waals surface area contributed by atoms with E-state index in [0.29, 0.717) is 12.8 Å². The molecule has 0 aromatic carbocycles. The fourth-order valence-electron chi connectivity index (χ4n) is 6.09. The average molecular weight is 803 g/mol. The normalized spacial score (nSPS) is 21.0. The zero-order valence-corrected chi connectivity index (χ0v) is 35.3. The van der Waals surface area contributed by atoms with Gasteiger partial charge in [0, 0.05) is 12.8 Å². The Bertz CT molecular complexity index is 1160. The molecule has 0 aliphatic carbocycles. The van der Waals surface area contributed by atoms with Gasteiger partial charge in [-0.05, 0) is 83.5 Å². The standard InChI is InChI=1S/C47H78O10/c1-3-5-7-9-11-13-15-17-18-19-20-21-22-24-26-28-30-32-34-36-43(50)56-40(39-55-47-46(53)45(52)44(51)41(37-48)57-47)38-54-42(49)35-33-31-29-27-25-23-16-14-12-10-8-6-4-2/h5,7,11,13,17-18,20-21,23-26,40-41,44-48,51-53H,3-4,6,8-10,12,14-16,19,22,27-39H2,1-2H3/b7-5+,13-11+,18-17+,21-20+,25-23+,26-24+/t40-,41-,44+,45?,46?,47-/m1/s1. The van der Waals surface area contributed by atoms with Gasteiger partial charge >= 0.3 is 11.9 Å². The van der Waals surface area contributed by atoms with Crippen LogP contribution in [0.4, 0.5) is 0 Å². The Morgan fingerprint density at radius 3 is 1.58 bits per heavy atom. The molecule has 57 heavy (non-hydrogen) atoms. The summed E-state index contributed by atoms with van der Waals surface area (Å²) < 4.78 is 22.1. The van der Waals surface area contributed by atoms with Crippen molar-refractivity contribution < 1.29 is 49.0 Å². The van der Waals surface area contributed by atoms with Crippen molar-refractivity contribution in [3.8, 4) is 0 Å². The zero-order chi connectivity index (χ0) is 41.6. The number of aliphatic hydroxyl groups excluding tert-OH is 4. The summed E-state index contributed by atoms with van der Waals surface area (Å²) in [5.41, 5.74) is 0. The number of hydrogen-bond acceptors (Lipinski definition) is 10. The Morgan fingerprint density at radius 1 is 0.561 bits per heavy atom. The van der Waals surface area contributed by atoms with E-state index in [9.17, 15) is 30.0 Å². The minimum absolute atomic E-state index is 0.184. The van der Waals surface area contributed by atoms with Crippen molar-refractivity contribution >= 4 is 11.9 Å². The average Bonchev–Trinajstić information content (AvgIpc) is 3.21. The molecule has 1 rings (SSSR count). The Hall–Kier alpha value is -2.86. The molecule has 0 saturated carbocycles. The molecule has 0 radical (unpaired) electrons. The monoisotopic (exact) mass is 803 g/mol. The van der Waals surface area contributed by atoms with Gasteiger partial charge in [0.25, 0.3) is 0 Å². The van der Waals surface area contributed by atoms with Crippen LogP contribution in [0.15, 0.2) is 72.9 Å². The molecule has 4 N–H and O–H groups in total. The molecule has 0 amide bonds. The molecule has 2 unspecified atom stereocenters. The third-order valence-corrected chi connectivity index (χ3v) is 9.58. The number of aliphatic hydroxyl groups is 4. The number of carbonyl (C=O) groups excluding carboxylic acids is 2. The molecule has 0 aromatic rings. The first kappa shape index (κ1) is 52.2. The highest BCUT2D eigenvalue weighted by Gasteiger charge is 2.44. The highest BCUT2D eigenvalue weighted by atomic mass is 16.7. The van der Waals surface area contributed by atoms with Gasteiger partial charge in [-0.25, -0.2) is 0 Å². The second-order valence-corrected chi connectivity index (χ2v) is 14.8. The lowest BCUT2D eigenvalue weighted by Crippen LogP contribution is -2.59. The molecule has 326 valence electrons. The Labute approximate surface area is 344 Å². The number of hydrogen-bond donors (Lipinski definition) is 4. The lowest BCUT2D eigenvalue weighted by Gasteiger charge is -2.39. The molecular formula is C47H78O10. The van der Waals surface area contributed by atoms with Crippen molar-refractivity contribution in [2.45, 2.75) is 192 Å². The summed E-state index contributed by atoms with van der Waals surface area (Å²) in [7, 11) is 0. The largest absolute Gasteiger partial charge is 0.462 e. The lowest BCUT2D eigenvalue weighted by molar-refractivity contribution is -0.305. The molecule has 0 bridgehead atoms. The summed E-state index contributed by atoms with van der Waals surface area (Å²) in [5, 5.41) is 40.0. The van der Waals surface area contributed by atoms with Gasteiger partial charge in [-0.3, -0.25) is 9.59 Å². The molecule has 10 nitrogen and oxygen atoms in total. The number of allylic oxidation sites excluding steroid dienone is 12. The first-order valence-corrected chi connectivity index (χ1v) is 22.0. The van der Waals surface area contributed by atoms with Crippen LogP contribution < -0.4 is 0 Å². The summed E-state index contributed by atoms with van der Waals surface area (Å²) in [6.07, 6.45) is 39.1. The maximum absolute atomic E-state index is 12.8. The van der Waals surface area contributed by atoms with Gasteiger partial charge in [0.05, 0.1) is 13.2 Å². The maximum atomic E-state index is 12.8. The molecule has 1 fully saturated rings. The van der Waals surface area contributed by atoms with E-state index in [1.807, 2.05) is 0 Å². The van der Waals surface area contributed by atoms with Crippen LogP contribution in [0.3, 0.4) is 0 Å². The first-order chi connectivity index (χ1) is 27.8. The van der Waals surface area contributed by atoms with Crippen LogP contribution in [0.25, 0.3) is 0 Å². The van der Waals surface area contributed by atoms with Crippen LogP contribution in [-0.4, -0.2) is 89.0 Å². The van der Waals surface area contributed by atoms with E-state index in [0.717, 1.165) is 77.0 Å². The second kappa shape index (κ2) is 37.4. The predicted octanol–water partition coefficient (Wildman–Crippen LogP) is 9.22. The number of carbonyl (C=O) groups is 2. The van der Waals surface area contributed by atoms with Crippen LogP contribution in [0.2, 0.25) is 0 Å². The Morgan fingerprint density at radius 2 is 1.04 bits per heavy atom. The molecule has 1 aliphatic rings. The van der Waals surface area contributed by atoms with Crippen molar-refractivity contribution in [3.05, 3.63) is 72.9 Å². The van der Waals surface area contributed by atoms with Crippen molar-refractivity contribution in [1.29, 1.82) is 0 Å².